The first kappa shape index (κ1) is 24.0. The van der Waals surface area contributed by atoms with Crippen molar-refractivity contribution in [2.24, 2.45) is 5.92 Å². The van der Waals surface area contributed by atoms with Crippen LogP contribution in [0, 0.1) is 5.92 Å². The summed E-state index contributed by atoms with van der Waals surface area (Å²) in [5.74, 6) is 1.09. The highest BCUT2D eigenvalue weighted by molar-refractivity contribution is 5.98. The van der Waals surface area contributed by atoms with Gasteiger partial charge in [0.2, 0.25) is 0 Å². The molecule has 3 aliphatic rings. The van der Waals surface area contributed by atoms with Crippen molar-refractivity contribution in [1.29, 1.82) is 0 Å². The summed E-state index contributed by atoms with van der Waals surface area (Å²) < 4.78 is 6.09. The Hall–Kier alpha value is -3.39. The van der Waals surface area contributed by atoms with E-state index in [9.17, 15) is 14.7 Å². The third-order valence-corrected chi connectivity index (χ3v) is 7.96. The van der Waals surface area contributed by atoms with Gasteiger partial charge >= 0.3 is 0 Å². The molecule has 0 radical (unpaired) electrons. The molecule has 1 aromatic carbocycles. The lowest BCUT2D eigenvalue weighted by Crippen LogP contribution is -2.36. The fraction of sp³-hybridized carbons (Fsp3) is 0.483. The molecule has 8 heteroatoms. The highest BCUT2D eigenvalue weighted by Gasteiger charge is 2.26. The molecule has 2 saturated carbocycles. The molecule has 0 bridgehead atoms. The second kappa shape index (κ2) is 10.2. The number of aromatic nitrogens is 2. The minimum absolute atomic E-state index is 0.0859. The number of H-pyrrole nitrogens is 1. The molecule has 0 spiro atoms. The van der Waals surface area contributed by atoms with Crippen LogP contribution >= 0.6 is 0 Å². The van der Waals surface area contributed by atoms with Crippen LogP contribution in [-0.2, 0) is 0 Å². The Bertz CT molecular complexity index is 1370. The maximum absolute atomic E-state index is 13.1. The Kier molecular flexibility index (Phi) is 6.59. The highest BCUT2D eigenvalue weighted by atomic mass is 16.5. The van der Waals surface area contributed by atoms with Crippen LogP contribution in [0.3, 0.4) is 0 Å². The molecular formula is C29H34N4O4. The number of hydrogen-bond donors (Lipinski definition) is 4. The summed E-state index contributed by atoms with van der Waals surface area (Å²) in [4.78, 5) is 33.8. The van der Waals surface area contributed by atoms with Gasteiger partial charge < -0.3 is 25.5 Å². The van der Waals surface area contributed by atoms with Gasteiger partial charge in [0, 0.05) is 18.0 Å². The van der Waals surface area contributed by atoms with Crippen molar-refractivity contribution in [3.05, 3.63) is 51.8 Å². The van der Waals surface area contributed by atoms with Gasteiger partial charge in [0.1, 0.15) is 22.7 Å². The number of piperidine rings is 1. The lowest BCUT2D eigenvalue weighted by atomic mass is 9.88. The van der Waals surface area contributed by atoms with E-state index < -0.39 is 5.56 Å². The Labute approximate surface area is 215 Å². The van der Waals surface area contributed by atoms with E-state index in [0.29, 0.717) is 35.2 Å². The standard InChI is InChI=1S/C29H34N4O4/c34-24-8-3-9-25(37-16-17-10-11-17)26(24)23-14-20(18-5-4-12-30-15-18)21-13-22(29(36)33-27(21)32-23)28(35)31-19-6-1-2-7-19/h3,8-9,13-14,17-19,30,34H,1-2,4-7,10-12,15-16H2,(H,31,35)(H,32,33,36). The van der Waals surface area contributed by atoms with Gasteiger partial charge in [0.15, 0.2) is 0 Å². The van der Waals surface area contributed by atoms with Crippen molar-refractivity contribution < 1.29 is 14.6 Å². The van der Waals surface area contributed by atoms with Gasteiger partial charge in [-0.1, -0.05) is 18.9 Å². The van der Waals surface area contributed by atoms with E-state index in [1.54, 1.807) is 18.2 Å². The molecule has 1 atom stereocenters. The number of phenols is 1. The smallest absolute Gasteiger partial charge is 0.262 e. The monoisotopic (exact) mass is 502 g/mol. The van der Waals surface area contributed by atoms with E-state index in [4.69, 9.17) is 9.72 Å². The average molecular weight is 503 g/mol. The molecule has 2 aromatic heterocycles. The van der Waals surface area contributed by atoms with Gasteiger partial charge in [0.05, 0.1) is 17.9 Å². The number of phenolic OH excluding ortho intramolecular Hbond substituents is 1. The molecule has 4 N–H and O–H groups in total. The average Bonchev–Trinajstić information content (AvgIpc) is 3.60. The largest absolute Gasteiger partial charge is 0.507 e. The van der Waals surface area contributed by atoms with Crippen LogP contribution in [0.15, 0.2) is 35.1 Å². The van der Waals surface area contributed by atoms with Gasteiger partial charge in [-0.15, -0.1) is 0 Å². The normalized spacial score (nSPS) is 20.3. The van der Waals surface area contributed by atoms with Crippen LogP contribution < -0.4 is 20.9 Å². The number of rotatable bonds is 7. The number of aromatic amines is 1. The Morgan fingerprint density at radius 3 is 2.70 bits per heavy atom. The predicted octanol–water partition coefficient (Wildman–Crippen LogP) is 4.22. The fourth-order valence-corrected chi connectivity index (χ4v) is 5.68. The summed E-state index contributed by atoms with van der Waals surface area (Å²) in [5, 5.41) is 18.1. The molecule has 6 rings (SSSR count). The van der Waals surface area contributed by atoms with Gasteiger partial charge in [0.25, 0.3) is 11.5 Å². The fourth-order valence-electron chi connectivity index (χ4n) is 5.68. The molecule has 37 heavy (non-hydrogen) atoms. The van der Waals surface area contributed by atoms with Crippen LogP contribution in [0.4, 0.5) is 0 Å². The first-order valence-corrected chi connectivity index (χ1v) is 13.6. The lowest BCUT2D eigenvalue weighted by Gasteiger charge is -2.25. The van der Waals surface area contributed by atoms with Crippen LogP contribution in [0.5, 0.6) is 11.5 Å². The molecule has 194 valence electrons. The molecule has 1 unspecified atom stereocenters. The number of hydrogen-bond acceptors (Lipinski definition) is 6. The molecular weight excluding hydrogens is 468 g/mol. The van der Waals surface area contributed by atoms with E-state index >= 15 is 0 Å². The van der Waals surface area contributed by atoms with Crippen LogP contribution in [0.25, 0.3) is 22.3 Å². The number of fused-ring (bicyclic) bond motifs is 1. The van der Waals surface area contributed by atoms with Crippen molar-refractivity contribution in [3.63, 3.8) is 0 Å². The topological polar surface area (TPSA) is 116 Å². The third-order valence-electron chi connectivity index (χ3n) is 7.96. The van der Waals surface area contributed by atoms with Crippen LogP contribution in [-0.4, -0.2) is 46.7 Å². The van der Waals surface area contributed by atoms with E-state index in [1.165, 1.54) is 12.8 Å². The third kappa shape index (κ3) is 5.07. The Balaban J connectivity index is 1.45. The van der Waals surface area contributed by atoms with Gasteiger partial charge in [-0.3, -0.25) is 9.59 Å². The SMILES string of the molecule is O=C(NC1CCCC1)c1cc2c(C3CCCNC3)cc(-c3c(O)cccc3OCC3CC3)nc2[nH]c1=O. The molecule has 1 saturated heterocycles. The number of ether oxygens (including phenoxy) is 1. The van der Waals surface area contributed by atoms with Crippen LogP contribution in [0.1, 0.15) is 73.2 Å². The Morgan fingerprint density at radius 2 is 1.95 bits per heavy atom. The number of aromatic hydroxyl groups is 1. The van der Waals surface area contributed by atoms with Crippen molar-refractivity contribution in [3.8, 4) is 22.8 Å². The molecule has 2 aliphatic carbocycles. The first-order chi connectivity index (χ1) is 18.1. The van der Waals surface area contributed by atoms with Gasteiger partial charge in [-0.2, -0.15) is 0 Å². The number of carbonyl (C=O) groups excluding carboxylic acids is 1. The summed E-state index contributed by atoms with van der Waals surface area (Å²) in [5.41, 5.74) is 2.17. The van der Waals surface area contributed by atoms with E-state index in [1.807, 2.05) is 12.1 Å². The lowest BCUT2D eigenvalue weighted by molar-refractivity contribution is 0.0936. The number of benzene rings is 1. The summed E-state index contributed by atoms with van der Waals surface area (Å²) >= 11 is 0. The maximum atomic E-state index is 13.1. The van der Waals surface area contributed by atoms with Crippen molar-refractivity contribution in [1.82, 2.24) is 20.6 Å². The molecule has 3 heterocycles. The number of carbonyl (C=O) groups is 1. The van der Waals surface area contributed by atoms with Crippen molar-refractivity contribution in [2.75, 3.05) is 19.7 Å². The second-order valence-corrected chi connectivity index (χ2v) is 10.8. The van der Waals surface area contributed by atoms with Crippen LogP contribution in [0.2, 0.25) is 0 Å². The molecule has 3 aromatic rings. The predicted molar refractivity (Wildman–Crippen MR) is 142 cm³/mol. The summed E-state index contributed by atoms with van der Waals surface area (Å²) in [6.07, 6.45) is 8.46. The summed E-state index contributed by atoms with van der Waals surface area (Å²) in [7, 11) is 0. The summed E-state index contributed by atoms with van der Waals surface area (Å²) in [6.45, 7) is 2.38. The number of amides is 1. The van der Waals surface area contributed by atoms with Gasteiger partial charge in [-0.05, 0) is 86.7 Å². The minimum Gasteiger partial charge on any atom is -0.507 e. The first-order valence-electron chi connectivity index (χ1n) is 13.6. The van der Waals surface area contributed by atoms with Gasteiger partial charge in [-0.25, -0.2) is 4.98 Å². The number of nitrogens with zero attached hydrogens (tertiary/aromatic N) is 1. The zero-order chi connectivity index (χ0) is 25.4. The second-order valence-electron chi connectivity index (χ2n) is 10.8. The molecule has 3 fully saturated rings. The maximum Gasteiger partial charge on any atom is 0.262 e. The Morgan fingerprint density at radius 1 is 1.11 bits per heavy atom. The number of pyridine rings is 2. The zero-order valence-electron chi connectivity index (χ0n) is 21.0. The van der Waals surface area contributed by atoms with Crippen molar-refractivity contribution in [2.45, 2.75) is 63.3 Å². The van der Waals surface area contributed by atoms with E-state index in [2.05, 4.69) is 15.6 Å². The molecule has 1 amide bonds. The summed E-state index contributed by atoms with van der Waals surface area (Å²) in [6, 6.07) is 9.08. The number of nitrogens with one attached hydrogen (secondary N) is 3. The van der Waals surface area contributed by atoms with Crippen molar-refractivity contribution >= 4 is 16.9 Å². The van der Waals surface area contributed by atoms with E-state index in [-0.39, 0.29) is 29.2 Å². The molecule has 8 nitrogen and oxygen atoms in total. The quantitative estimate of drug-likeness (QED) is 0.384. The van der Waals surface area contributed by atoms with E-state index in [0.717, 1.165) is 62.6 Å². The highest BCUT2D eigenvalue weighted by Crippen LogP contribution is 2.41. The minimum atomic E-state index is -0.456. The zero-order valence-corrected chi connectivity index (χ0v) is 21.0. The molecule has 1 aliphatic heterocycles.